The standard InChI is InChI=1S/C19H27ClN6O2/c1-2-3-4-16-23-15(17(20)24-16)9-26-8-13-10-28-12-19(13,11-26)18(27)21-7-14-5-6-22-25-14/h5-6,13H,2-4,7-12H2,1H3,(H,21,27)(H,22,25)(H,23,24)/t13-,19-/m1/s1. The number of aromatic nitrogens is 4. The fraction of sp³-hybridized carbons (Fsp3) is 0.632. The summed E-state index contributed by atoms with van der Waals surface area (Å²) in [6.45, 7) is 5.83. The van der Waals surface area contributed by atoms with Crippen LogP contribution in [0.5, 0.6) is 0 Å². The van der Waals surface area contributed by atoms with E-state index in [1.165, 1.54) is 0 Å². The maximum atomic E-state index is 13.0. The van der Waals surface area contributed by atoms with Crippen molar-refractivity contribution in [1.29, 1.82) is 0 Å². The second-order valence-corrected chi connectivity index (χ2v) is 8.22. The van der Waals surface area contributed by atoms with E-state index in [9.17, 15) is 4.79 Å². The summed E-state index contributed by atoms with van der Waals surface area (Å²) in [6, 6.07) is 1.86. The van der Waals surface area contributed by atoms with Gasteiger partial charge in [0.1, 0.15) is 5.82 Å². The highest BCUT2D eigenvalue weighted by Crippen LogP contribution is 2.42. The van der Waals surface area contributed by atoms with Gasteiger partial charge in [-0.1, -0.05) is 24.9 Å². The summed E-state index contributed by atoms with van der Waals surface area (Å²) in [6.07, 6.45) is 4.80. The molecule has 2 aliphatic rings. The molecule has 2 aliphatic heterocycles. The lowest BCUT2D eigenvalue weighted by Gasteiger charge is -2.26. The van der Waals surface area contributed by atoms with Crippen molar-refractivity contribution < 1.29 is 9.53 Å². The number of nitrogens with one attached hydrogen (secondary N) is 3. The number of H-pyrrole nitrogens is 2. The second kappa shape index (κ2) is 8.23. The first-order chi connectivity index (χ1) is 13.6. The van der Waals surface area contributed by atoms with Crippen LogP contribution >= 0.6 is 11.6 Å². The molecule has 0 unspecified atom stereocenters. The Bertz CT molecular complexity index is 807. The molecule has 4 heterocycles. The minimum Gasteiger partial charge on any atom is -0.380 e. The van der Waals surface area contributed by atoms with E-state index in [4.69, 9.17) is 16.3 Å². The van der Waals surface area contributed by atoms with Crippen LogP contribution in [0, 0.1) is 11.3 Å². The maximum Gasteiger partial charge on any atom is 0.230 e. The van der Waals surface area contributed by atoms with Gasteiger partial charge in [-0.05, 0) is 12.5 Å². The van der Waals surface area contributed by atoms with E-state index in [-0.39, 0.29) is 11.8 Å². The summed E-state index contributed by atoms with van der Waals surface area (Å²) in [7, 11) is 0. The molecular formula is C19H27ClN6O2. The molecule has 2 saturated heterocycles. The molecule has 152 valence electrons. The minimum absolute atomic E-state index is 0.0476. The number of halogens is 1. The van der Waals surface area contributed by atoms with Gasteiger partial charge in [0.05, 0.1) is 36.6 Å². The van der Waals surface area contributed by atoms with Gasteiger partial charge >= 0.3 is 0 Å². The lowest BCUT2D eigenvalue weighted by Crippen LogP contribution is -2.46. The van der Waals surface area contributed by atoms with E-state index in [0.717, 1.165) is 43.0 Å². The zero-order valence-electron chi connectivity index (χ0n) is 16.1. The second-order valence-electron chi connectivity index (χ2n) is 7.86. The molecule has 0 bridgehead atoms. The summed E-state index contributed by atoms with van der Waals surface area (Å²) < 4.78 is 5.69. The lowest BCUT2D eigenvalue weighted by molar-refractivity contribution is -0.131. The van der Waals surface area contributed by atoms with Gasteiger partial charge in [0, 0.05) is 38.2 Å². The zero-order chi connectivity index (χ0) is 19.6. The summed E-state index contributed by atoms with van der Waals surface area (Å²) in [5.41, 5.74) is 1.32. The number of rotatable bonds is 8. The molecule has 0 spiro atoms. The predicted molar refractivity (Wildman–Crippen MR) is 105 cm³/mol. The average molecular weight is 407 g/mol. The molecule has 3 N–H and O–H groups in total. The van der Waals surface area contributed by atoms with E-state index >= 15 is 0 Å². The fourth-order valence-corrected chi connectivity index (χ4v) is 4.46. The third-order valence-electron chi connectivity index (χ3n) is 5.82. The Labute approximate surface area is 169 Å². The fourth-order valence-electron chi connectivity index (χ4n) is 4.25. The van der Waals surface area contributed by atoms with E-state index in [2.05, 4.69) is 37.3 Å². The highest BCUT2D eigenvalue weighted by molar-refractivity contribution is 6.30. The van der Waals surface area contributed by atoms with Crippen LogP contribution in [0.25, 0.3) is 0 Å². The van der Waals surface area contributed by atoms with Gasteiger partial charge in [-0.2, -0.15) is 5.10 Å². The number of hydrogen-bond donors (Lipinski definition) is 3. The smallest absolute Gasteiger partial charge is 0.230 e. The molecule has 2 fully saturated rings. The summed E-state index contributed by atoms with van der Waals surface area (Å²) in [5.74, 6) is 1.18. The van der Waals surface area contributed by atoms with E-state index in [0.29, 0.717) is 38.0 Å². The number of carbonyl (C=O) groups is 1. The van der Waals surface area contributed by atoms with Crippen LogP contribution in [-0.4, -0.2) is 57.3 Å². The first kappa shape index (κ1) is 19.4. The van der Waals surface area contributed by atoms with Crippen LogP contribution in [0.2, 0.25) is 5.15 Å². The Morgan fingerprint density at radius 3 is 3.21 bits per heavy atom. The van der Waals surface area contributed by atoms with E-state index in [1.807, 2.05) is 6.07 Å². The molecule has 28 heavy (non-hydrogen) atoms. The van der Waals surface area contributed by atoms with Gasteiger partial charge in [0.25, 0.3) is 0 Å². The Kier molecular flexibility index (Phi) is 5.70. The molecule has 2 aromatic rings. The number of nitrogens with zero attached hydrogens (tertiary/aromatic N) is 3. The molecule has 0 aliphatic carbocycles. The number of imidazole rings is 1. The van der Waals surface area contributed by atoms with Crippen molar-refractivity contribution in [2.24, 2.45) is 11.3 Å². The number of unbranched alkanes of at least 4 members (excludes halogenated alkanes) is 1. The Hall–Kier alpha value is -1.90. The van der Waals surface area contributed by atoms with Crippen molar-refractivity contribution in [3.05, 3.63) is 34.6 Å². The van der Waals surface area contributed by atoms with Crippen molar-refractivity contribution in [3.63, 3.8) is 0 Å². The number of fused-ring (bicyclic) bond motifs is 1. The molecule has 8 nitrogen and oxygen atoms in total. The van der Waals surface area contributed by atoms with Crippen LogP contribution in [0.1, 0.15) is 37.0 Å². The first-order valence-corrected chi connectivity index (χ1v) is 10.3. The number of aryl methyl sites for hydroxylation is 1. The van der Waals surface area contributed by atoms with Crippen molar-refractivity contribution >= 4 is 17.5 Å². The van der Waals surface area contributed by atoms with Crippen LogP contribution < -0.4 is 5.32 Å². The summed E-state index contributed by atoms with van der Waals surface area (Å²) in [5, 5.41) is 10.4. The molecule has 9 heteroatoms. The predicted octanol–water partition coefficient (Wildman–Crippen LogP) is 1.89. The number of hydrogen-bond acceptors (Lipinski definition) is 5. The monoisotopic (exact) mass is 406 g/mol. The highest BCUT2D eigenvalue weighted by Gasteiger charge is 2.55. The molecule has 2 atom stereocenters. The van der Waals surface area contributed by atoms with Crippen LogP contribution in [0.15, 0.2) is 12.3 Å². The Morgan fingerprint density at radius 2 is 2.43 bits per heavy atom. The van der Waals surface area contributed by atoms with E-state index < -0.39 is 5.41 Å². The highest BCUT2D eigenvalue weighted by atomic mass is 35.5. The van der Waals surface area contributed by atoms with Gasteiger partial charge in [-0.3, -0.25) is 14.8 Å². The van der Waals surface area contributed by atoms with Gasteiger partial charge in [0.2, 0.25) is 5.91 Å². The quantitative estimate of drug-likeness (QED) is 0.621. The van der Waals surface area contributed by atoms with Crippen molar-refractivity contribution in [2.75, 3.05) is 26.3 Å². The largest absolute Gasteiger partial charge is 0.380 e. The summed E-state index contributed by atoms with van der Waals surface area (Å²) >= 11 is 6.34. The third kappa shape index (κ3) is 3.81. The normalized spacial score (nSPS) is 24.6. The molecule has 1 amide bonds. The van der Waals surface area contributed by atoms with Crippen LogP contribution in [-0.2, 0) is 29.0 Å². The first-order valence-electron chi connectivity index (χ1n) is 9.90. The third-order valence-corrected chi connectivity index (χ3v) is 6.13. The molecule has 0 aromatic carbocycles. The maximum absolute atomic E-state index is 13.0. The number of likely N-dealkylation sites (tertiary alicyclic amines) is 1. The average Bonchev–Trinajstić information content (AvgIpc) is 3.43. The molecule has 0 radical (unpaired) electrons. The van der Waals surface area contributed by atoms with Crippen LogP contribution in [0.4, 0.5) is 0 Å². The van der Waals surface area contributed by atoms with Gasteiger partial charge < -0.3 is 15.0 Å². The van der Waals surface area contributed by atoms with Crippen LogP contribution in [0.3, 0.4) is 0 Å². The van der Waals surface area contributed by atoms with Crippen molar-refractivity contribution in [1.82, 2.24) is 30.4 Å². The van der Waals surface area contributed by atoms with E-state index in [1.54, 1.807) is 6.20 Å². The van der Waals surface area contributed by atoms with Gasteiger partial charge in [-0.15, -0.1) is 0 Å². The topological polar surface area (TPSA) is 98.9 Å². The zero-order valence-corrected chi connectivity index (χ0v) is 16.9. The molecule has 4 rings (SSSR count). The molecule has 0 saturated carbocycles. The number of carbonyl (C=O) groups excluding carboxylic acids is 1. The Morgan fingerprint density at radius 1 is 1.54 bits per heavy atom. The molecule has 2 aromatic heterocycles. The number of ether oxygens (including phenoxy) is 1. The van der Waals surface area contributed by atoms with Gasteiger partial charge in [-0.25, -0.2) is 4.98 Å². The number of amides is 1. The van der Waals surface area contributed by atoms with Gasteiger partial charge in [0.15, 0.2) is 5.15 Å². The number of aromatic amines is 2. The van der Waals surface area contributed by atoms with Crippen molar-refractivity contribution in [2.45, 2.75) is 39.3 Å². The lowest BCUT2D eigenvalue weighted by atomic mass is 9.80. The summed E-state index contributed by atoms with van der Waals surface area (Å²) in [4.78, 5) is 23.1. The van der Waals surface area contributed by atoms with Crippen molar-refractivity contribution in [3.8, 4) is 0 Å². The minimum atomic E-state index is -0.502. The molecular weight excluding hydrogens is 380 g/mol. The SMILES string of the molecule is CCCCc1nc(Cl)c(CN2C[C@@H]3COC[C@]3(C(=O)NCc3ccn[nH]3)C2)[nH]1. The Balaban J connectivity index is 1.40.